The number of amides is 1. The van der Waals surface area contributed by atoms with E-state index in [1.165, 1.54) is 0 Å². The number of hydrogen-bond donors (Lipinski definition) is 1. The van der Waals surface area contributed by atoms with Crippen molar-refractivity contribution in [2.24, 2.45) is 0 Å². The van der Waals surface area contributed by atoms with Crippen LogP contribution in [0.25, 0.3) is 0 Å². The zero-order chi connectivity index (χ0) is 10.4. The summed E-state index contributed by atoms with van der Waals surface area (Å²) in [6, 6.07) is 3.50. The van der Waals surface area contributed by atoms with Crippen molar-refractivity contribution in [3.05, 3.63) is 24.2 Å². The molecule has 0 aliphatic rings. The minimum atomic E-state index is -0.129. The fourth-order valence-electron chi connectivity index (χ4n) is 1.09. The highest BCUT2D eigenvalue weighted by molar-refractivity contribution is 5.77. The lowest BCUT2D eigenvalue weighted by Crippen LogP contribution is -2.29. The molecule has 1 heterocycles. The average molecular weight is 197 g/mol. The van der Waals surface area contributed by atoms with Crippen molar-refractivity contribution in [2.45, 2.75) is 19.9 Å². The summed E-state index contributed by atoms with van der Waals surface area (Å²) in [5.41, 5.74) is 0. The van der Waals surface area contributed by atoms with Gasteiger partial charge in [0.25, 0.3) is 0 Å². The zero-order valence-corrected chi connectivity index (χ0v) is 8.45. The number of hydrogen-bond acceptors (Lipinski definition) is 3. The van der Waals surface area contributed by atoms with Crippen molar-refractivity contribution < 1.29 is 13.9 Å². The first-order valence-electron chi connectivity index (χ1n) is 4.64. The van der Waals surface area contributed by atoms with Crippen LogP contribution in [0.4, 0.5) is 0 Å². The Hall–Kier alpha value is -1.29. The number of ether oxygens (including phenoxy) is 1. The lowest BCUT2D eigenvalue weighted by molar-refractivity contribution is -0.126. The normalized spacial score (nSPS) is 12.4. The van der Waals surface area contributed by atoms with Crippen LogP contribution in [0.1, 0.15) is 25.6 Å². The van der Waals surface area contributed by atoms with Crippen LogP contribution in [0.3, 0.4) is 0 Å². The largest absolute Gasteiger partial charge is 0.467 e. The Morgan fingerprint density at radius 2 is 2.50 bits per heavy atom. The second kappa shape index (κ2) is 5.44. The summed E-state index contributed by atoms with van der Waals surface area (Å²) in [7, 11) is 0. The summed E-state index contributed by atoms with van der Waals surface area (Å²) in [5, 5.41) is 2.76. The highest BCUT2D eigenvalue weighted by Gasteiger charge is 2.10. The minimum Gasteiger partial charge on any atom is -0.467 e. The molecule has 0 bridgehead atoms. The Labute approximate surface area is 83.2 Å². The highest BCUT2D eigenvalue weighted by Crippen LogP contribution is 2.11. The lowest BCUT2D eigenvalue weighted by Gasteiger charge is -2.10. The molecule has 0 saturated heterocycles. The minimum absolute atomic E-state index is 0.0988. The second-order valence-corrected chi connectivity index (χ2v) is 2.94. The monoisotopic (exact) mass is 197 g/mol. The molecule has 0 unspecified atom stereocenters. The molecule has 4 heteroatoms. The molecule has 1 atom stereocenters. The van der Waals surface area contributed by atoms with E-state index in [0.29, 0.717) is 6.61 Å². The molecule has 1 aromatic rings. The van der Waals surface area contributed by atoms with Gasteiger partial charge in [-0.05, 0) is 26.0 Å². The van der Waals surface area contributed by atoms with Crippen LogP contribution in [-0.2, 0) is 9.53 Å². The fraction of sp³-hybridized carbons (Fsp3) is 0.500. The van der Waals surface area contributed by atoms with Crippen LogP contribution in [0.2, 0.25) is 0 Å². The summed E-state index contributed by atoms with van der Waals surface area (Å²) in [4.78, 5) is 11.2. The molecule has 1 N–H and O–H groups in total. The molecule has 1 aromatic heterocycles. The summed E-state index contributed by atoms with van der Waals surface area (Å²) in [6.07, 6.45) is 1.58. The van der Waals surface area contributed by atoms with E-state index in [-0.39, 0.29) is 18.6 Å². The van der Waals surface area contributed by atoms with Gasteiger partial charge in [-0.15, -0.1) is 0 Å². The Morgan fingerprint density at radius 3 is 3.07 bits per heavy atom. The van der Waals surface area contributed by atoms with Crippen LogP contribution >= 0.6 is 0 Å². The van der Waals surface area contributed by atoms with Crippen molar-refractivity contribution >= 4 is 5.91 Å². The van der Waals surface area contributed by atoms with Gasteiger partial charge in [0.1, 0.15) is 12.4 Å². The quantitative estimate of drug-likeness (QED) is 0.778. The van der Waals surface area contributed by atoms with Gasteiger partial charge >= 0.3 is 0 Å². The molecular weight excluding hydrogens is 182 g/mol. The van der Waals surface area contributed by atoms with E-state index in [1.54, 1.807) is 12.3 Å². The lowest BCUT2D eigenvalue weighted by atomic mass is 10.2. The Balaban J connectivity index is 2.33. The van der Waals surface area contributed by atoms with Gasteiger partial charge in [-0.2, -0.15) is 0 Å². The van der Waals surface area contributed by atoms with Gasteiger partial charge in [0.15, 0.2) is 0 Å². The molecular formula is C10H15NO3. The summed E-state index contributed by atoms with van der Waals surface area (Å²) < 4.78 is 10.1. The SMILES string of the molecule is CCOCC(=O)N[C@H](C)c1ccco1. The van der Waals surface area contributed by atoms with Crippen LogP contribution < -0.4 is 5.32 Å². The summed E-state index contributed by atoms with van der Waals surface area (Å²) >= 11 is 0. The van der Waals surface area contributed by atoms with Crippen molar-refractivity contribution in [3.63, 3.8) is 0 Å². The van der Waals surface area contributed by atoms with Gasteiger partial charge in [-0.3, -0.25) is 4.79 Å². The summed E-state index contributed by atoms with van der Waals surface area (Å²) in [6.45, 7) is 4.36. The molecule has 78 valence electrons. The van der Waals surface area contributed by atoms with Gasteiger partial charge in [0, 0.05) is 6.61 Å². The van der Waals surface area contributed by atoms with Gasteiger partial charge in [-0.25, -0.2) is 0 Å². The van der Waals surface area contributed by atoms with Crippen molar-refractivity contribution in [1.29, 1.82) is 0 Å². The average Bonchev–Trinajstić information content (AvgIpc) is 2.67. The topological polar surface area (TPSA) is 51.5 Å². The Kier molecular flexibility index (Phi) is 4.19. The maximum atomic E-state index is 11.2. The molecule has 0 fully saturated rings. The fourth-order valence-corrected chi connectivity index (χ4v) is 1.09. The van der Waals surface area contributed by atoms with Gasteiger partial charge < -0.3 is 14.5 Å². The molecule has 4 nitrogen and oxygen atoms in total. The third kappa shape index (κ3) is 3.22. The molecule has 14 heavy (non-hydrogen) atoms. The second-order valence-electron chi connectivity index (χ2n) is 2.94. The van der Waals surface area contributed by atoms with Crippen molar-refractivity contribution in [3.8, 4) is 0 Å². The standard InChI is InChI=1S/C10H15NO3/c1-3-13-7-10(12)11-8(2)9-5-4-6-14-9/h4-6,8H,3,7H2,1-2H3,(H,11,12)/t8-/m1/s1. The van der Waals surface area contributed by atoms with E-state index in [4.69, 9.17) is 9.15 Å². The van der Waals surface area contributed by atoms with Crippen LogP contribution in [0.15, 0.2) is 22.8 Å². The predicted molar refractivity (Wildman–Crippen MR) is 51.8 cm³/mol. The number of nitrogens with one attached hydrogen (secondary N) is 1. The Morgan fingerprint density at radius 1 is 1.71 bits per heavy atom. The highest BCUT2D eigenvalue weighted by atomic mass is 16.5. The zero-order valence-electron chi connectivity index (χ0n) is 8.45. The first-order chi connectivity index (χ1) is 6.74. The number of rotatable bonds is 5. The van der Waals surface area contributed by atoms with Gasteiger partial charge in [-0.1, -0.05) is 0 Å². The molecule has 0 aromatic carbocycles. The van der Waals surface area contributed by atoms with E-state index in [9.17, 15) is 4.79 Å². The van der Waals surface area contributed by atoms with Crippen LogP contribution in [0.5, 0.6) is 0 Å². The maximum absolute atomic E-state index is 11.2. The van der Waals surface area contributed by atoms with E-state index in [1.807, 2.05) is 19.9 Å². The molecule has 1 rings (SSSR count). The molecule has 1 amide bonds. The maximum Gasteiger partial charge on any atom is 0.246 e. The Bertz CT molecular complexity index is 269. The van der Waals surface area contributed by atoms with Crippen LogP contribution in [-0.4, -0.2) is 19.1 Å². The van der Waals surface area contributed by atoms with Gasteiger partial charge in [0.2, 0.25) is 5.91 Å². The van der Waals surface area contributed by atoms with E-state index in [0.717, 1.165) is 5.76 Å². The predicted octanol–water partition coefficient (Wildman–Crippen LogP) is 1.49. The first kappa shape index (κ1) is 10.8. The third-order valence-corrected chi connectivity index (χ3v) is 1.78. The van der Waals surface area contributed by atoms with Crippen molar-refractivity contribution in [1.82, 2.24) is 5.32 Å². The first-order valence-corrected chi connectivity index (χ1v) is 4.64. The summed E-state index contributed by atoms with van der Waals surface area (Å²) in [5.74, 6) is 0.616. The number of carbonyl (C=O) groups is 1. The van der Waals surface area contributed by atoms with Crippen LogP contribution in [0, 0.1) is 0 Å². The van der Waals surface area contributed by atoms with E-state index >= 15 is 0 Å². The number of carbonyl (C=O) groups excluding carboxylic acids is 1. The number of furan rings is 1. The molecule has 0 aliphatic carbocycles. The molecule has 0 aliphatic heterocycles. The van der Waals surface area contributed by atoms with Crippen molar-refractivity contribution in [2.75, 3.05) is 13.2 Å². The third-order valence-electron chi connectivity index (χ3n) is 1.78. The van der Waals surface area contributed by atoms with Gasteiger partial charge in [0.05, 0.1) is 12.3 Å². The van der Waals surface area contributed by atoms with E-state index in [2.05, 4.69) is 5.32 Å². The molecule has 0 radical (unpaired) electrons. The smallest absolute Gasteiger partial charge is 0.246 e. The van der Waals surface area contributed by atoms with E-state index < -0.39 is 0 Å². The molecule has 0 saturated carbocycles. The molecule has 0 spiro atoms.